The van der Waals surface area contributed by atoms with Crippen LogP contribution in [0.25, 0.3) is 0 Å². The zero-order valence-electron chi connectivity index (χ0n) is 9.21. The minimum Gasteiger partial charge on any atom is -0.501 e. The van der Waals surface area contributed by atoms with Gasteiger partial charge in [0.2, 0.25) is 0 Å². The van der Waals surface area contributed by atoms with Crippen LogP contribution >= 0.6 is 0 Å². The number of alkyl halides is 3. The lowest BCUT2D eigenvalue weighted by molar-refractivity contribution is -0.275. The van der Waals surface area contributed by atoms with Crippen LogP contribution in [0.3, 0.4) is 0 Å². The van der Waals surface area contributed by atoms with Gasteiger partial charge >= 0.3 is 6.36 Å². The van der Waals surface area contributed by atoms with E-state index in [1.165, 1.54) is 12.3 Å². The first-order valence-corrected chi connectivity index (χ1v) is 5.29. The van der Waals surface area contributed by atoms with Crippen molar-refractivity contribution >= 4 is 0 Å². The van der Waals surface area contributed by atoms with E-state index in [0.29, 0.717) is 18.6 Å². The molecule has 0 aromatic heterocycles. The highest BCUT2D eigenvalue weighted by Gasteiger charge is 2.32. The molecule has 0 aliphatic carbocycles. The van der Waals surface area contributed by atoms with E-state index in [9.17, 15) is 17.6 Å². The summed E-state index contributed by atoms with van der Waals surface area (Å²) in [7, 11) is 0. The highest BCUT2D eigenvalue weighted by atomic mass is 19.4. The van der Waals surface area contributed by atoms with Crippen molar-refractivity contribution in [2.24, 2.45) is 0 Å². The fourth-order valence-electron chi connectivity index (χ4n) is 1.74. The van der Waals surface area contributed by atoms with Crippen LogP contribution in [0.5, 0.6) is 5.75 Å². The van der Waals surface area contributed by atoms with Crippen molar-refractivity contribution in [3.05, 3.63) is 41.9 Å². The van der Waals surface area contributed by atoms with E-state index in [4.69, 9.17) is 4.74 Å². The summed E-state index contributed by atoms with van der Waals surface area (Å²) in [6.45, 7) is 0.504. The summed E-state index contributed by atoms with van der Waals surface area (Å²) in [5, 5.41) is 0. The summed E-state index contributed by atoms with van der Waals surface area (Å²) in [5.74, 6) is -1.89. The van der Waals surface area contributed by atoms with E-state index in [-0.39, 0.29) is 5.92 Å². The Morgan fingerprint density at radius 2 is 2.06 bits per heavy atom. The molecule has 1 aromatic carbocycles. The maximum atomic E-state index is 13.5. The normalized spacial score (nSPS) is 19.4. The molecule has 0 saturated heterocycles. The van der Waals surface area contributed by atoms with Crippen LogP contribution < -0.4 is 4.74 Å². The molecule has 1 atom stereocenters. The van der Waals surface area contributed by atoms with Gasteiger partial charge in [0.1, 0.15) is 0 Å². The van der Waals surface area contributed by atoms with Gasteiger partial charge in [-0.3, -0.25) is 0 Å². The second-order valence-electron chi connectivity index (χ2n) is 3.83. The average Bonchev–Trinajstić information content (AvgIpc) is 2.31. The second-order valence-corrected chi connectivity index (χ2v) is 3.83. The minimum absolute atomic E-state index is 0.0480. The molecule has 6 heteroatoms. The molecule has 1 heterocycles. The van der Waals surface area contributed by atoms with E-state index in [1.807, 2.05) is 0 Å². The predicted octanol–water partition coefficient (Wildman–Crippen LogP) is 3.74. The molecular formula is C12H10F4O2. The first kappa shape index (κ1) is 12.7. The molecule has 0 saturated carbocycles. The third-order valence-electron chi connectivity index (χ3n) is 2.56. The van der Waals surface area contributed by atoms with Crippen molar-refractivity contribution < 1.29 is 27.0 Å². The van der Waals surface area contributed by atoms with Crippen LogP contribution in [-0.4, -0.2) is 13.0 Å². The Kier molecular flexibility index (Phi) is 3.45. The first-order valence-electron chi connectivity index (χ1n) is 5.29. The number of rotatable bonds is 2. The number of allylic oxidation sites excluding steroid dienone is 1. The summed E-state index contributed by atoms with van der Waals surface area (Å²) in [5.41, 5.74) is 0.599. The highest BCUT2D eigenvalue weighted by Crippen LogP contribution is 2.30. The largest absolute Gasteiger partial charge is 0.573 e. The standard InChI is InChI=1S/C12H10F4O2/c13-10-7-9(8-3-5-17-6-4-8)1-2-11(10)18-12(14,15)16/h1-3,5,7-8H,4,6H2. The quantitative estimate of drug-likeness (QED) is 0.756. The van der Waals surface area contributed by atoms with E-state index in [0.717, 1.165) is 12.1 Å². The molecule has 1 unspecified atom stereocenters. The third-order valence-corrected chi connectivity index (χ3v) is 2.56. The number of hydrogen-bond acceptors (Lipinski definition) is 2. The van der Waals surface area contributed by atoms with Crippen LogP contribution in [0.15, 0.2) is 30.5 Å². The van der Waals surface area contributed by atoms with Crippen LogP contribution in [0.1, 0.15) is 17.9 Å². The molecule has 0 N–H and O–H groups in total. The van der Waals surface area contributed by atoms with Gasteiger partial charge < -0.3 is 9.47 Å². The Hall–Kier alpha value is -1.72. The molecule has 2 nitrogen and oxygen atoms in total. The SMILES string of the molecule is Fc1cc(C2C=COCC2)ccc1OC(F)(F)F. The molecule has 0 bridgehead atoms. The van der Waals surface area contributed by atoms with Gasteiger partial charge in [-0.1, -0.05) is 6.07 Å². The Bertz CT molecular complexity index is 454. The molecule has 0 spiro atoms. The fourth-order valence-corrected chi connectivity index (χ4v) is 1.74. The smallest absolute Gasteiger partial charge is 0.501 e. The number of halogens is 4. The topological polar surface area (TPSA) is 18.5 Å². The van der Waals surface area contributed by atoms with Gasteiger partial charge in [0, 0.05) is 5.92 Å². The highest BCUT2D eigenvalue weighted by molar-refractivity contribution is 5.33. The maximum absolute atomic E-state index is 13.5. The summed E-state index contributed by atoms with van der Waals surface area (Å²) in [6, 6.07) is 3.47. The van der Waals surface area contributed by atoms with Gasteiger partial charge in [-0.2, -0.15) is 0 Å². The summed E-state index contributed by atoms with van der Waals surface area (Å²) >= 11 is 0. The summed E-state index contributed by atoms with van der Waals surface area (Å²) < 4.78 is 57.9. The zero-order chi connectivity index (χ0) is 13.2. The number of ether oxygens (including phenoxy) is 2. The predicted molar refractivity (Wildman–Crippen MR) is 55.5 cm³/mol. The van der Waals surface area contributed by atoms with Crippen molar-refractivity contribution in [2.45, 2.75) is 18.7 Å². The van der Waals surface area contributed by atoms with Crippen molar-refractivity contribution in [1.82, 2.24) is 0 Å². The maximum Gasteiger partial charge on any atom is 0.573 e. The molecule has 1 aromatic rings. The van der Waals surface area contributed by atoms with Gasteiger partial charge in [0.05, 0.1) is 12.9 Å². The van der Waals surface area contributed by atoms with Crippen LogP contribution in [0, 0.1) is 5.82 Å². The second kappa shape index (κ2) is 4.88. The Labute approximate surface area is 101 Å². The van der Waals surface area contributed by atoms with Crippen LogP contribution in [0.4, 0.5) is 17.6 Å². The summed E-state index contributed by atoms with van der Waals surface area (Å²) in [6.07, 6.45) is -0.981. The Morgan fingerprint density at radius 3 is 2.61 bits per heavy atom. The van der Waals surface area contributed by atoms with E-state index < -0.39 is 17.9 Å². The van der Waals surface area contributed by atoms with Gasteiger partial charge in [-0.15, -0.1) is 13.2 Å². The lowest BCUT2D eigenvalue weighted by atomic mass is 9.95. The van der Waals surface area contributed by atoms with Gasteiger partial charge in [-0.05, 0) is 30.2 Å². The molecule has 2 rings (SSSR count). The summed E-state index contributed by atoms with van der Waals surface area (Å²) in [4.78, 5) is 0. The number of benzene rings is 1. The lowest BCUT2D eigenvalue weighted by Crippen LogP contribution is -2.18. The van der Waals surface area contributed by atoms with Crippen molar-refractivity contribution in [2.75, 3.05) is 6.61 Å². The van der Waals surface area contributed by atoms with E-state index in [1.54, 1.807) is 6.08 Å². The van der Waals surface area contributed by atoms with Gasteiger partial charge in [-0.25, -0.2) is 4.39 Å². The van der Waals surface area contributed by atoms with Crippen LogP contribution in [-0.2, 0) is 4.74 Å². The number of hydrogen-bond donors (Lipinski definition) is 0. The van der Waals surface area contributed by atoms with Crippen molar-refractivity contribution in [3.8, 4) is 5.75 Å². The Balaban J connectivity index is 2.19. The van der Waals surface area contributed by atoms with E-state index in [2.05, 4.69) is 4.74 Å². The molecule has 0 radical (unpaired) electrons. The van der Waals surface area contributed by atoms with Crippen molar-refractivity contribution in [3.63, 3.8) is 0 Å². The monoisotopic (exact) mass is 262 g/mol. The minimum atomic E-state index is -4.89. The molecule has 98 valence electrons. The van der Waals surface area contributed by atoms with Gasteiger partial charge in [0.25, 0.3) is 0 Å². The van der Waals surface area contributed by atoms with Crippen molar-refractivity contribution in [1.29, 1.82) is 0 Å². The average molecular weight is 262 g/mol. The Morgan fingerprint density at radius 1 is 1.28 bits per heavy atom. The van der Waals surface area contributed by atoms with Crippen LogP contribution in [0.2, 0.25) is 0 Å². The fraction of sp³-hybridized carbons (Fsp3) is 0.333. The molecule has 18 heavy (non-hydrogen) atoms. The molecule has 1 aliphatic rings. The molecule has 0 fully saturated rings. The third kappa shape index (κ3) is 3.15. The van der Waals surface area contributed by atoms with Gasteiger partial charge in [0.15, 0.2) is 11.6 Å². The first-order chi connectivity index (χ1) is 8.46. The molecular weight excluding hydrogens is 252 g/mol. The molecule has 1 aliphatic heterocycles. The van der Waals surface area contributed by atoms with E-state index >= 15 is 0 Å². The lowest BCUT2D eigenvalue weighted by Gasteiger charge is -2.18. The molecule has 0 amide bonds. The zero-order valence-corrected chi connectivity index (χ0v) is 9.21.